The number of fused-ring (bicyclic) bond motifs is 5. The van der Waals surface area contributed by atoms with Crippen LogP contribution in [-0.4, -0.2) is 49.2 Å². The number of nitrogens with two attached hydrogens (primary N) is 1. The van der Waals surface area contributed by atoms with Gasteiger partial charge in [-0.1, -0.05) is 34.6 Å². The molecule has 0 heterocycles. The van der Waals surface area contributed by atoms with Gasteiger partial charge in [0, 0.05) is 18.4 Å². The lowest BCUT2D eigenvalue weighted by Crippen LogP contribution is -2.58. The SMILES string of the molecule is CC(C)C(O)CC[C@H](C)C1CCC2C3C(=O)CC4C[C@@H](NCCCNCCCCN)CC[C@]4(C)C3C[C@@H](C)C21. The Kier molecular flexibility index (Phi) is 11.4. The standard InChI is InChI=1S/C34H63N3O2/c1-22(2)30(38)12-9-23(3)27-10-11-28-32(27)24(4)19-29-33(28)31(39)21-25-20-26(13-14-34(25,29)5)37-18-8-17-36-16-7-6-15-35/h22-30,32-33,36-38H,6-21,35H2,1-5H3/t23-,24+,25?,26-,27?,28?,29?,30?,32?,33?,34-/m0/s1. The fourth-order valence-corrected chi connectivity index (χ4v) is 9.97. The van der Waals surface area contributed by atoms with Crippen LogP contribution in [0.4, 0.5) is 0 Å². The first-order valence-corrected chi connectivity index (χ1v) is 17.0. The summed E-state index contributed by atoms with van der Waals surface area (Å²) < 4.78 is 0. The molecule has 0 aromatic rings. The lowest BCUT2D eigenvalue weighted by molar-refractivity contribution is -0.154. The largest absolute Gasteiger partial charge is 0.393 e. The summed E-state index contributed by atoms with van der Waals surface area (Å²) in [6.45, 7) is 15.8. The second kappa shape index (κ2) is 14.1. The van der Waals surface area contributed by atoms with Gasteiger partial charge in [-0.2, -0.15) is 0 Å². The molecule has 0 spiro atoms. The molecule has 7 unspecified atom stereocenters. The van der Waals surface area contributed by atoms with E-state index >= 15 is 0 Å². The second-order valence-corrected chi connectivity index (χ2v) is 15.1. The quantitative estimate of drug-likeness (QED) is 0.208. The number of rotatable bonds is 14. The van der Waals surface area contributed by atoms with Crippen LogP contribution >= 0.6 is 0 Å². The number of carbonyl (C=O) groups excluding carboxylic acids is 1. The summed E-state index contributed by atoms with van der Waals surface area (Å²) in [7, 11) is 0. The van der Waals surface area contributed by atoms with Gasteiger partial charge < -0.3 is 21.5 Å². The Bertz CT molecular complexity index is 774. The molecule has 5 heteroatoms. The number of unbranched alkanes of at least 4 members (excludes halogenated alkanes) is 1. The molecule has 4 fully saturated rings. The number of Topliss-reactive ketones (excluding diaryl/α,β-unsaturated/α-hetero) is 1. The molecule has 4 aliphatic carbocycles. The smallest absolute Gasteiger partial charge is 0.136 e. The van der Waals surface area contributed by atoms with Gasteiger partial charge in [0.05, 0.1) is 6.10 Å². The van der Waals surface area contributed by atoms with Gasteiger partial charge in [0.1, 0.15) is 5.78 Å². The lowest BCUT2D eigenvalue weighted by Gasteiger charge is -2.59. The zero-order valence-electron chi connectivity index (χ0n) is 26.1. The molecule has 5 N–H and O–H groups in total. The van der Waals surface area contributed by atoms with E-state index in [0.29, 0.717) is 58.7 Å². The van der Waals surface area contributed by atoms with Crippen molar-refractivity contribution in [3.8, 4) is 0 Å². The zero-order valence-corrected chi connectivity index (χ0v) is 26.1. The van der Waals surface area contributed by atoms with Crippen molar-refractivity contribution in [3.63, 3.8) is 0 Å². The molecular weight excluding hydrogens is 482 g/mol. The number of aliphatic hydroxyl groups is 1. The topological polar surface area (TPSA) is 87.4 Å². The fourth-order valence-electron chi connectivity index (χ4n) is 9.97. The number of carbonyl (C=O) groups is 1. The van der Waals surface area contributed by atoms with E-state index in [1.165, 1.54) is 51.4 Å². The summed E-state index contributed by atoms with van der Waals surface area (Å²) in [6, 6.07) is 0.580. The summed E-state index contributed by atoms with van der Waals surface area (Å²) in [5, 5.41) is 17.8. The van der Waals surface area contributed by atoms with Gasteiger partial charge >= 0.3 is 0 Å². The van der Waals surface area contributed by atoms with Crippen molar-refractivity contribution in [1.29, 1.82) is 0 Å². The number of hydrogen-bond acceptors (Lipinski definition) is 5. The molecule has 0 aromatic carbocycles. The molecule has 5 nitrogen and oxygen atoms in total. The normalized spacial score (nSPS) is 39.7. The average Bonchev–Trinajstić information content (AvgIpc) is 3.35. The zero-order chi connectivity index (χ0) is 28.2. The van der Waals surface area contributed by atoms with E-state index in [2.05, 4.69) is 45.3 Å². The Morgan fingerprint density at radius 1 is 1.03 bits per heavy atom. The van der Waals surface area contributed by atoms with Crippen LogP contribution in [0.5, 0.6) is 0 Å². The summed E-state index contributed by atoms with van der Waals surface area (Å²) in [4.78, 5) is 13.9. The molecule has 0 bridgehead atoms. The van der Waals surface area contributed by atoms with E-state index in [-0.39, 0.29) is 6.10 Å². The van der Waals surface area contributed by atoms with Crippen molar-refractivity contribution in [2.24, 2.45) is 64.4 Å². The minimum Gasteiger partial charge on any atom is -0.393 e. The van der Waals surface area contributed by atoms with Gasteiger partial charge in [-0.05, 0) is 150 Å². The lowest BCUT2D eigenvalue weighted by atomic mass is 9.45. The first kappa shape index (κ1) is 31.4. The van der Waals surface area contributed by atoms with E-state index in [1.54, 1.807) is 0 Å². The Hall–Kier alpha value is -0.490. The highest BCUT2D eigenvalue weighted by Crippen LogP contribution is 2.64. The highest BCUT2D eigenvalue weighted by atomic mass is 16.3. The van der Waals surface area contributed by atoms with Gasteiger partial charge in [-0.25, -0.2) is 0 Å². The van der Waals surface area contributed by atoms with Gasteiger partial charge in [0.25, 0.3) is 0 Å². The summed E-state index contributed by atoms with van der Waals surface area (Å²) in [5.74, 6) is 5.86. The van der Waals surface area contributed by atoms with Crippen molar-refractivity contribution >= 4 is 5.78 Å². The maximum Gasteiger partial charge on any atom is 0.136 e. The van der Waals surface area contributed by atoms with E-state index in [9.17, 15) is 9.90 Å². The van der Waals surface area contributed by atoms with Crippen LogP contribution in [0.25, 0.3) is 0 Å². The number of aliphatic hydroxyl groups excluding tert-OH is 1. The first-order chi connectivity index (χ1) is 18.7. The third kappa shape index (κ3) is 7.12. The molecule has 39 heavy (non-hydrogen) atoms. The minimum absolute atomic E-state index is 0.178. The fraction of sp³-hybridized carbons (Fsp3) is 0.971. The van der Waals surface area contributed by atoms with Crippen LogP contribution in [0.2, 0.25) is 0 Å². The minimum atomic E-state index is -0.178. The van der Waals surface area contributed by atoms with Crippen LogP contribution in [0.3, 0.4) is 0 Å². The van der Waals surface area contributed by atoms with Crippen molar-refractivity contribution in [3.05, 3.63) is 0 Å². The highest BCUT2D eigenvalue weighted by molar-refractivity contribution is 5.83. The number of nitrogens with one attached hydrogen (secondary N) is 2. The predicted molar refractivity (Wildman–Crippen MR) is 162 cm³/mol. The van der Waals surface area contributed by atoms with E-state index in [1.807, 2.05) is 0 Å². The molecule has 4 aliphatic rings. The van der Waals surface area contributed by atoms with E-state index < -0.39 is 0 Å². The summed E-state index contributed by atoms with van der Waals surface area (Å²) in [5.41, 5.74) is 5.92. The second-order valence-electron chi connectivity index (χ2n) is 15.1. The first-order valence-electron chi connectivity index (χ1n) is 17.0. The Morgan fingerprint density at radius 3 is 2.54 bits per heavy atom. The number of hydrogen-bond donors (Lipinski definition) is 4. The summed E-state index contributed by atoms with van der Waals surface area (Å²) in [6.07, 6.45) is 13.7. The maximum atomic E-state index is 13.9. The van der Waals surface area contributed by atoms with Crippen LogP contribution in [0.1, 0.15) is 112 Å². The molecule has 0 aromatic heterocycles. The molecule has 0 saturated heterocycles. The Labute approximate surface area is 240 Å². The molecule has 4 rings (SSSR count). The van der Waals surface area contributed by atoms with Gasteiger partial charge in [-0.3, -0.25) is 4.79 Å². The molecule has 0 amide bonds. The van der Waals surface area contributed by atoms with E-state index in [4.69, 9.17) is 5.73 Å². The summed E-state index contributed by atoms with van der Waals surface area (Å²) >= 11 is 0. The van der Waals surface area contributed by atoms with E-state index in [0.717, 1.165) is 63.7 Å². The van der Waals surface area contributed by atoms with Gasteiger partial charge in [-0.15, -0.1) is 0 Å². The molecular formula is C34H63N3O2. The van der Waals surface area contributed by atoms with Crippen LogP contribution in [0.15, 0.2) is 0 Å². The molecule has 0 aliphatic heterocycles. The molecule has 4 saturated carbocycles. The average molecular weight is 546 g/mol. The predicted octanol–water partition coefficient (Wildman–Crippen LogP) is 5.79. The maximum absolute atomic E-state index is 13.9. The van der Waals surface area contributed by atoms with Crippen molar-refractivity contribution in [2.75, 3.05) is 26.2 Å². The van der Waals surface area contributed by atoms with Crippen LogP contribution in [-0.2, 0) is 4.79 Å². The van der Waals surface area contributed by atoms with Crippen LogP contribution < -0.4 is 16.4 Å². The third-order valence-electron chi connectivity index (χ3n) is 12.4. The molecule has 226 valence electrons. The van der Waals surface area contributed by atoms with Crippen molar-refractivity contribution < 1.29 is 9.90 Å². The highest BCUT2D eigenvalue weighted by Gasteiger charge is 2.61. The third-order valence-corrected chi connectivity index (χ3v) is 12.4. The number of ketones is 1. The van der Waals surface area contributed by atoms with Gasteiger partial charge in [0.15, 0.2) is 0 Å². The molecule has 11 atom stereocenters. The van der Waals surface area contributed by atoms with Crippen molar-refractivity contribution in [1.82, 2.24) is 10.6 Å². The Balaban J connectivity index is 1.31. The van der Waals surface area contributed by atoms with Crippen LogP contribution in [0, 0.1) is 58.7 Å². The monoisotopic (exact) mass is 545 g/mol. The van der Waals surface area contributed by atoms with Crippen molar-refractivity contribution in [2.45, 2.75) is 124 Å². The van der Waals surface area contributed by atoms with Gasteiger partial charge in [0.2, 0.25) is 0 Å². The Morgan fingerprint density at radius 2 is 1.79 bits per heavy atom. The molecule has 0 radical (unpaired) electrons.